The largest absolute Gasteiger partial charge is 0.326 e. The van der Waals surface area contributed by atoms with Crippen LogP contribution in [0.1, 0.15) is 19.3 Å². The first-order valence-corrected chi connectivity index (χ1v) is 6.80. The molecule has 0 aliphatic carbocycles. The molecule has 0 rings (SSSR count). The number of hydrogen-bond donors (Lipinski definition) is 0. The molecule has 0 aliphatic rings. The van der Waals surface area contributed by atoms with Gasteiger partial charge in [0.25, 0.3) is 0 Å². The SMILES string of the molecule is C[N+](CCCCl)(CCCCl)CCCCl. The van der Waals surface area contributed by atoms with Gasteiger partial charge in [0.1, 0.15) is 0 Å². The van der Waals surface area contributed by atoms with Gasteiger partial charge in [-0.2, -0.15) is 0 Å². The van der Waals surface area contributed by atoms with Gasteiger partial charge in [-0.1, -0.05) is 0 Å². The Kier molecular flexibility index (Phi) is 9.62. The molecule has 0 N–H and O–H groups in total. The van der Waals surface area contributed by atoms with Crippen molar-refractivity contribution in [1.29, 1.82) is 0 Å². The average Bonchev–Trinajstić information content (AvgIpc) is 2.21. The molecule has 0 spiro atoms. The summed E-state index contributed by atoms with van der Waals surface area (Å²) in [6.45, 7) is 3.41. The van der Waals surface area contributed by atoms with Gasteiger partial charge in [0.15, 0.2) is 0 Å². The lowest BCUT2D eigenvalue weighted by molar-refractivity contribution is -0.909. The highest BCUT2D eigenvalue weighted by atomic mass is 35.5. The first-order valence-electron chi connectivity index (χ1n) is 5.20. The highest BCUT2D eigenvalue weighted by Crippen LogP contribution is 2.09. The minimum Gasteiger partial charge on any atom is -0.326 e. The van der Waals surface area contributed by atoms with Crippen LogP contribution in [0.5, 0.6) is 0 Å². The fourth-order valence-electron chi connectivity index (χ4n) is 1.66. The minimum atomic E-state index is 0.746. The number of alkyl halides is 3. The van der Waals surface area contributed by atoms with Crippen LogP contribution in [0.15, 0.2) is 0 Å². The van der Waals surface area contributed by atoms with E-state index in [0.717, 1.165) is 61.0 Å². The van der Waals surface area contributed by atoms with Crippen LogP contribution in [0.3, 0.4) is 0 Å². The maximum Gasteiger partial charge on any atom is 0.0796 e. The van der Waals surface area contributed by atoms with Crippen LogP contribution in [-0.2, 0) is 0 Å². The summed E-state index contributed by atoms with van der Waals surface area (Å²) in [6.07, 6.45) is 3.22. The number of nitrogens with zero attached hydrogens (tertiary/aromatic N) is 1. The van der Waals surface area contributed by atoms with Crippen LogP contribution in [0.2, 0.25) is 0 Å². The molecule has 0 aromatic carbocycles. The third-order valence-corrected chi connectivity index (χ3v) is 3.30. The van der Waals surface area contributed by atoms with Gasteiger partial charge in [-0.3, -0.25) is 0 Å². The van der Waals surface area contributed by atoms with Crippen molar-refractivity contribution < 1.29 is 4.48 Å². The molecule has 0 aliphatic heterocycles. The van der Waals surface area contributed by atoms with E-state index in [4.69, 9.17) is 34.8 Å². The number of rotatable bonds is 9. The molecule has 86 valence electrons. The molecule has 4 heteroatoms. The highest BCUT2D eigenvalue weighted by molar-refractivity contribution is 6.18. The van der Waals surface area contributed by atoms with Crippen LogP contribution in [0, 0.1) is 0 Å². The van der Waals surface area contributed by atoms with Crippen LogP contribution >= 0.6 is 34.8 Å². The lowest BCUT2D eigenvalue weighted by atomic mass is 10.2. The summed E-state index contributed by atoms with van der Waals surface area (Å²) in [4.78, 5) is 0. The van der Waals surface area contributed by atoms with E-state index < -0.39 is 0 Å². The molecular weight excluding hydrogens is 240 g/mol. The predicted octanol–water partition coefficient (Wildman–Crippen LogP) is 3.32. The maximum atomic E-state index is 5.71. The van der Waals surface area contributed by atoms with Crippen molar-refractivity contribution in [3.63, 3.8) is 0 Å². The second-order valence-electron chi connectivity index (χ2n) is 3.92. The van der Waals surface area contributed by atoms with Gasteiger partial charge < -0.3 is 4.48 Å². The molecule has 0 aromatic rings. The highest BCUT2D eigenvalue weighted by Gasteiger charge is 2.19. The van der Waals surface area contributed by atoms with Crippen LogP contribution in [0.4, 0.5) is 0 Å². The molecular formula is C10H21Cl3N+. The molecule has 14 heavy (non-hydrogen) atoms. The molecule has 0 bridgehead atoms. The molecule has 0 amide bonds. The van der Waals surface area contributed by atoms with E-state index in [9.17, 15) is 0 Å². The summed E-state index contributed by atoms with van der Waals surface area (Å²) in [5, 5.41) is 0. The summed E-state index contributed by atoms with van der Waals surface area (Å²) in [7, 11) is 2.27. The summed E-state index contributed by atoms with van der Waals surface area (Å²) in [6, 6.07) is 0. The lowest BCUT2D eigenvalue weighted by Crippen LogP contribution is -2.46. The van der Waals surface area contributed by atoms with E-state index in [1.165, 1.54) is 0 Å². The molecule has 0 heterocycles. The smallest absolute Gasteiger partial charge is 0.0796 e. The van der Waals surface area contributed by atoms with E-state index in [-0.39, 0.29) is 0 Å². The van der Waals surface area contributed by atoms with Crippen molar-refractivity contribution in [2.24, 2.45) is 0 Å². The Morgan fingerprint density at radius 2 is 1.00 bits per heavy atom. The Balaban J connectivity index is 3.89. The van der Waals surface area contributed by atoms with Gasteiger partial charge in [0, 0.05) is 36.9 Å². The minimum absolute atomic E-state index is 0.746. The summed E-state index contributed by atoms with van der Waals surface area (Å²) < 4.78 is 1.06. The number of halogens is 3. The van der Waals surface area contributed by atoms with E-state index in [1.54, 1.807) is 0 Å². The average molecular weight is 262 g/mol. The summed E-state index contributed by atoms with van der Waals surface area (Å²) >= 11 is 17.1. The number of quaternary nitrogens is 1. The molecule has 0 aromatic heterocycles. The Labute approximate surface area is 103 Å². The Hall–Kier alpha value is 0.830. The third-order valence-electron chi connectivity index (χ3n) is 2.49. The van der Waals surface area contributed by atoms with E-state index in [2.05, 4.69) is 7.05 Å². The Morgan fingerprint density at radius 1 is 0.714 bits per heavy atom. The quantitative estimate of drug-likeness (QED) is 0.441. The van der Waals surface area contributed by atoms with E-state index >= 15 is 0 Å². The maximum absolute atomic E-state index is 5.71. The van der Waals surface area contributed by atoms with Crippen molar-refractivity contribution in [3.05, 3.63) is 0 Å². The Bertz CT molecular complexity index is 109. The van der Waals surface area contributed by atoms with Crippen molar-refractivity contribution >= 4 is 34.8 Å². The zero-order valence-electron chi connectivity index (χ0n) is 8.95. The summed E-state index contributed by atoms with van der Waals surface area (Å²) in [5.41, 5.74) is 0. The zero-order chi connectivity index (χ0) is 10.9. The van der Waals surface area contributed by atoms with Crippen molar-refractivity contribution in [2.75, 3.05) is 44.3 Å². The normalized spacial score (nSPS) is 12.0. The first kappa shape index (κ1) is 14.8. The fraction of sp³-hybridized carbons (Fsp3) is 1.00. The molecule has 0 atom stereocenters. The van der Waals surface area contributed by atoms with E-state index in [0.29, 0.717) is 0 Å². The first-order chi connectivity index (χ1) is 6.68. The molecule has 0 saturated heterocycles. The molecule has 1 nitrogen and oxygen atoms in total. The van der Waals surface area contributed by atoms with Crippen molar-refractivity contribution in [2.45, 2.75) is 19.3 Å². The molecule has 0 saturated carbocycles. The molecule has 0 radical (unpaired) electrons. The van der Waals surface area contributed by atoms with Gasteiger partial charge in [0.05, 0.1) is 26.7 Å². The number of hydrogen-bond acceptors (Lipinski definition) is 0. The molecule has 0 unspecified atom stereocenters. The second kappa shape index (κ2) is 9.08. The van der Waals surface area contributed by atoms with E-state index in [1.807, 2.05) is 0 Å². The van der Waals surface area contributed by atoms with Gasteiger partial charge in [-0.25, -0.2) is 0 Å². The fourth-order valence-corrected chi connectivity index (χ4v) is 2.02. The van der Waals surface area contributed by atoms with Gasteiger partial charge in [-0.15, -0.1) is 34.8 Å². The topological polar surface area (TPSA) is 0 Å². The summed E-state index contributed by atoms with van der Waals surface area (Å²) in [5.74, 6) is 2.24. The van der Waals surface area contributed by atoms with Gasteiger partial charge in [0.2, 0.25) is 0 Å². The lowest BCUT2D eigenvalue weighted by Gasteiger charge is -2.34. The van der Waals surface area contributed by atoms with Gasteiger partial charge >= 0.3 is 0 Å². The van der Waals surface area contributed by atoms with Crippen LogP contribution < -0.4 is 0 Å². The predicted molar refractivity (Wildman–Crippen MR) is 66.8 cm³/mol. The Morgan fingerprint density at radius 3 is 1.21 bits per heavy atom. The third kappa shape index (κ3) is 7.17. The van der Waals surface area contributed by atoms with Crippen LogP contribution in [0.25, 0.3) is 0 Å². The molecule has 0 fully saturated rings. The van der Waals surface area contributed by atoms with Crippen molar-refractivity contribution in [3.8, 4) is 0 Å². The van der Waals surface area contributed by atoms with Gasteiger partial charge in [-0.05, 0) is 0 Å². The standard InChI is InChI=1S/C10H21Cl3N/c1-14(8-2-5-11,9-3-6-12)10-4-7-13/h2-10H2,1H3/q+1. The second-order valence-corrected chi connectivity index (χ2v) is 5.05. The zero-order valence-corrected chi connectivity index (χ0v) is 11.2. The van der Waals surface area contributed by atoms with Crippen molar-refractivity contribution in [1.82, 2.24) is 0 Å². The monoisotopic (exact) mass is 260 g/mol. The van der Waals surface area contributed by atoms with Crippen LogP contribution in [-0.4, -0.2) is 48.8 Å².